The topological polar surface area (TPSA) is 12.4 Å². The second kappa shape index (κ2) is 5.81. The number of hydrogen-bond acceptors (Lipinski definition) is 2. The lowest BCUT2D eigenvalue weighted by atomic mass is 10.0. The molecule has 0 heterocycles. The predicted octanol–water partition coefficient (Wildman–Crippen LogP) is 3.56. The Labute approximate surface area is 84.5 Å². The molecule has 0 aromatic carbocycles. The average Bonchev–Trinajstić information content (AvgIpc) is 2.17. The largest absolute Gasteiger partial charge is 0.216 e. The van der Waals surface area contributed by atoms with Gasteiger partial charge in [-0.25, -0.2) is 4.40 Å². The molecule has 0 fully saturated rings. The minimum atomic E-state index is 1.09. The van der Waals surface area contributed by atoms with Crippen LogP contribution in [0.5, 0.6) is 0 Å². The normalized spacial score (nSPS) is 21.7. The van der Waals surface area contributed by atoms with Crippen molar-refractivity contribution in [3.63, 3.8) is 0 Å². The number of hydrogen-bond donors (Lipinski definition) is 0. The zero-order valence-corrected chi connectivity index (χ0v) is 8.97. The Hall–Kier alpha value is -0.760. The fourth-order valence-electron chi connectivity index (χ4n) is 1.14. The summed E-state index contributed by atoms with van der Waals surface area (Å²) >= 11 is 1.51. The van der Waals surface area contributed by atoms with Gasteiger partial charge in [0.15, 0.2) is 0 Å². The van der Waals surface area contributed by atoms with E-state index < -0.39 is 0 Å². The monoisotopic (exact) mass is 193 g/mol. The van der Waals surface area contributed by atoms with Gasteiger partial charge in [-0.2, -0.15) is 0 Å². The van der Waals surface area contributed by atoms with Gasteiger partial charge in [-0.15, -0.1) is 0 Å². The van der Waals surface area contributed by atoms with Crippen molar-refractivity contribution in [2.75, 3.05) is 6.26 Å². The van der Waals surface area contributed by atoms with E-state index in [0.717, 1.165) is 12.1 Å². The summed E-state index contributed by atoms with van der Waals surface area (Å²) in [6.07, 6.45) is 14.8. The van der Waals surface area contributed by atoms with E-state index in [0.29, 0.717) is 0 Å². The molecule has 0 aromatic heterocycles. The van der Waals surface area contributed by atoms with Gasteiger partial charge in [0.05, 0.1) is 5.71 Å². The minimum absolute atomic E-state index is 1.09. The van der Waals surface area contributed by atoms with Gasteiger partial charge in [0.25, 0.3) is 0 Å². The van der Waals surface area contributed by atoms with Crippen LogP contribution in [0.3, 0.4) is 0 Å². The number of unbranched alkanes of at least 4 members (excludes halogenated alkanes) is 1. The molecule has 1 rings (SSSR count). The van der Waals surface area contributed by atoms with Gasteiger partial charge in [0.2, 0.25) is 0 Å². The van der Waals surface area contributed by atoms with Crippen LogP contribution in [0.25, 0.3) is 0 Å². The van der Waals surface area contributed by atoms with Gasteiger partial charge in [0, 0.05) is 6.26 Å². The first-order valence-electron chi connectivity index (χ1n) is 4.55. The SMILES string of the molecule is CCCC=C1C=CC=CC1=NSC. The standard InChI is InChI=1S/C11H15NS/c1-3-4-7-10-8-5-6-9-11(10)12-13-2/h5-9H,3-4H2,1-2H3. The van der Waals surface area contributed by atoms with Crippen molar-refractivity contribution in [2.45, 2.75) is 19.8 Å². The lowest BCUT2D eigenvalue weighted by Crippen LogP contribution is -1.98. The van der Waals surface area contributed by atoms with Crippen LogP contribution in [-0.4, -0.2) is 12.0 Å². The van der Waals surface area contributed by atoms with Gasteiger partial charge >= 0.3 is 0 Å². The molecule has 0 atom stereocenters. The number of rotatable bonds is 3. The maximum atomic E-state index is 4.34. The second-order valence-corrected chi connectivity index (χ2v) is 3.37. The van der Waals surface area contributed by atoms with Gasteiger partial charge < -0.3 is 0 Å². The molecule has 0 aromatic rings. The fourth-order valence-corrected chi connectivity index (χ4v) is 1.50. The first-order valence-corrected chi connectivity index (χ1v) is 5.73. The van der Waals surface area contributed by atoms with Crippen molar-refractivity contribution in [1.82, 2.24) is 0 Å². The highest BCUT2D eigenvalue weighted by Crippen LogP contribution is 2.12. The molecule has 1 nitrogen and oxygen atoms in total. The Bertz CT molecular complexity index is 272. The van der Waals surface area contributed by atoms with E-state index in [9.17, 15) is 0 Å². The van der Waals surface area contributed by atoms with Crippen LogP contribution in [0.1, 0.15) is 19.8 Å². The molecule has 1 aliphatic carbocycles. The molecule has 0 saturated heterocycles. The number of allylic oxidation sites excluding steroid dienone is 6. The third-order valence-electron chi connectivity index (χ3n) is 1.78. The molecule has 2 heteroatoms. The van der Waals surface area contributed by atoms with Crippen molar-refractivity contribution in [3.8, 4) is 0 Å². The van der Waals surface area contributed by atoms with E-state index in [-0.39, 0.29) is 0 Å². The molecular weight excluding hydrogens is 178 g/mol. The second-order valence-electron chi connectivity index (χ2n) is 2.83. The summed E-state index contributed by atoms with van der Waals surface area (Å²) in [5, 5.41) is 0. The summed E-state index contributed by atoms with van der Waals surface area (Å²) in [6.45, 7) is 2.19. The van der Waals surface area contributed by atoms with E-state index >= 15 is 0 Å². The highest BCUT2D eigenvalue weighted by molar-refractivity contribution is 7.97. The fraction of sp³-hybridized carbons (Fsp3) is 0.364. The Morgan fingerprint density at radius 1 is 1.38 bits per heavy atom. The molecule has 0 radical (unpaired) electrons. The van der Waals surface area contributed by atoms with Crippen molar-refractivity contribution >= 4 is 17.7 Å². The van der Waals surface area contributed by atoms with Crippen LogP contribution in [0, 0.1) is 0 Å². The molecule has 1 aliphatic rings. The lowest BCUT2D eigenvalue weighted by molar-refractivity contribution is 0.956. The van der Waals surface area contributed by atoms with Crippen LogP contribution in [0.2, 0.25) is 0 Å². The first-order chi connectivity index (χ1) is 6.38. The highest BCUT2D eigenvalue weighted by atomic mass is 32.2. The Morgan fingerprint density at radius 2 is 2.15 bits per heavy atom. The van der Waals surface area contributed by atoms with E-state index in [2.05, 4.69) is 35.6 Å². The van der Waals surface area contributed by atoms with Crippen LogP contribution in [0.15, 0.2) is 40.4 Å². The maximum absolute atomic E-state index is 4.34. The van der Waals surface area contributed by atoms with Crippen LogP contribution < -0.4 is 0 Å². The molecule has 70 valence electrons. The molecule has 0 N–H and O–H groups in total. The van der Waals surface area contributed by atoms with Crippen molar-refractivity contribution in [1.29, 1.82) is 0 Å². The molecule has 0 spiro atoms. The van der Waals surface area contributed by atoms with Gasteiger partial charge in [-0.05, 0) is 30.0 Å². The van der Waals surface area contributed by atoms with Crippen molar-refractivity contribution in [2.24, 2.45) is 4.40 Å². The lowest BCUT2D eigenvalue weighted by Gasteiger charge is -2.05. The maximum Gasteiger partial charge on any atom is 0.0781 e. The summed E-state index contributed by atoms with van der Waals surface area (Å²) in [7, 11) is 0. The molecule has 0 unspecified atom stereocenters. The summed E-state index contributed by atoms with van der Waals surface area (Å²) in [4.78, 5) is 0. The minimum Gasteiger partial charge on any atom is -0.216 e. The third-order valence-corrected chi connectivity index (χ3v) is 2.16. The smallest absolute Gasteiger partial charge is 0.0781 e. The van der Waals surface area contributed by atoms with Crippen LogP contribution in [-0.2, 0) is 0 Å². The first kappa shape index (κ1) is 10.3. The quantitative estimate of drug-likeness (QED) is 0.624. The Morgan fingerprint density at radius 3 is 2.85 bits per heavy atom. The predicted molar refractivity (Wildman–Crippen MR) is 62.2 cm³/mol. The average molecular weight is 193 g/mol. The van der Waals surface area contributed by atoms with Gasteiger partial charge in [0.1, 0.15) is 0 Å². The highest BCUT2D eigenvalue weighted by Gasteiger charge is 2.02. The van der Waals surface area contributed by atoms with E-state index in [1.54, 1.807) is 0 Å². The van der Waals surface area contributed by atoms with Crippen LogP contribution in [0.4, 0.5) is 0 Å². The summed E-state index contributed by atoms with van der Waals surface area (Å²) in [5.74, 6) is 0. The zero-order valence-electron chi connectivity index (χ0n) is 8.16. The van der Waals surface area contributed by atoms with E-state index in [4.69, 9.17) is 0 Å². The summed E-state index contributed by atoms with van der Waals surface area (Å²) < 4.78 is 4.34. The zero-order chi connectivity index (χ0) is 9.52. The van der Waals surface area contributed by atoms with E-state index in [1.165, 1.54) is 23.9 Å². The summed E-state index contributed by atoms with van der Waals surface area (Å²) in [5.41, 5.74) is 2.34. The van der Waals surface area contributed by atoms with Crippen molar-refractivity contribution < 1.29 is 0 Å². The Kier molecular flexibility index (Phi) is 4.61. The molecule has 13 heavy (non-hydrogen) atoms. The third kappa shape index (κ3) is 3.23. The summed E-state index contributed by atoms with van der Waals surface area (Å²) in [6, 6.07) is 0. The Balaban J connectivity index is 2.76. The van der Waals surface area contributed by atoms with Gasteiger partial charge in [-0.1, -0.05) is 37.6 Å². The molecule has 0 saturated carbocycles. The van der Waals surface area contributed by atoms with E-state index in [1.807, 2.05) is 12.3 Å². The molecular formula is C11H15NS. The van der Waals surface area contributed by atoms with Crippen LogP contribution >= 0.6 is 11.9 Å². The van der Waals surface area contributed by atoms with Crippen molar-refractivity contribution in [3.05, 3.63) is 36.0 Å². The molecule has 0 amide bonds. The molecule has 0 bridgehead atoms. The number of nitrogens with zero attached hydrogens (tertiary/aromatic N) is 1. The van der Waals surface area contributed by atoms with Gasteiger partial charge in [-0.3, -0.25) is 0 Å². The molecule has 0 aliphatic heterocycles.